The van der Waals surface area contributed by atoms with Crippen molar-refractivity contribution in [2.45, 2.75) is 12.8 Å². The molecule has 0 saturated carbocycles. The van der Waals surface area contributed by atoms with Crippen LogP contribution in [-0.2, 0) is 6.42 Å². The molecule has 5 rings (SSSR count). The standard InChI is InChI=1S/C18H11BrO2/c19-13-9-12-10-5-1-3-7-14(10)20-17(12)16-11-6-2-4-8-15(11)21-18(13)16/h1-2,4-6,8-9H,3,7H2. The predicted octanol–water partition coefficient (Wildman–Crippen LogP) is 6.05. The molecule has 21 heavy (non-hydrogen) atoms. The first-order chi connectivity index (χ1) is 10.3. The van der Waals surface area contributed by atoms with E-state index in [0.717, 1.165) is 56.0 Å². The normalized spacial score (nSPS) is 14.3. The highest BCUT2D eigenvalue weighted by molar-refractivity contribution is 9.10. The molecule has 2 aromatic heterocycles. The Morgan fingerprint density at radius 2 is 1.90 bits per heavy atom. The van der Waals surface area contributed by atoms with Crippen LogP contribution in [0.25, 0.3) is 39.0 Å². The fourth-order valence-electron chi connectivity index (χ4n) is 3.25. The van der Waals surface area contributed by atoms with Crippen molar-refractivity contribution in [3.05, 3.63) is 52.2 Å². The third-order valence-electron chi connectivity index (χ3n) is 4.19. The van der Waals surface area contributed by atoms with Gasteiger partial charge in [0.05, 0.1) is 9.86 Å². The Morgan fingerprint density at radius 1 is 1.00 bits per heavy atom. The molecule has 0 atom stereocenters. The number of furan rings is 2. The van der Waals surface area contributed by atoms with E-state index in [2.05, 4.69) is 40.2 Å². The highest BCUT2D eigenvalue weighted by Gasteiger charge is 2.21. The van der Waals surface area contributed by atoms with Crippen LogP contribution in [0.5, 0.6) is 0 Å². The first-order valence-corrected chi connectivity index (χ1v) is 7.84. The Morgan fingerprint density at radius 3 is 2.86 bits per heavy atom. The summed E-state index contributed by atoms with van der Waals surface area (Å²) in [6.07, 6.45) is 6.40. The first-order valence-electron chi connectivity index (χ1n) is 7.04. The van der Waals surface area contributed by atoms with Gasteiger partial charge in [0.2, 0.25) is 0 Å². The molecule has 0 spiro atoms. The summed E-state index contributed by atoms with van der Waals surface area (Å²) in [6.45, 7) is 0. The van der Waals surface area contributed by atoms with Gasteiger partial charge in [-0.05, 0) is 34.5 Å². The summed E-state index contributed by atoms with van der Waals surface area (Å²) in [5, 5.41) is 3.33. The van der Waals surface area contributed by atoms with Gasteiger partial charge in [-0.3, -0.25) is 0 Å². The summed E-state index contributed by atoms with van der Waals surface area (Å²) in [7, 11) is 0. The lowest BCUT2D eigenvalue weighted by atomic mass is 10.0. The van der Waals surface area contributed by atoms with E-state index in [-0.39, 0.29) is 0 Å². The molecule has 0 N–H and O–H groups in total. The second-order valence-corrected chi connectivity index (χ2v) is 6.27. The molecule has 1 aliphatic carbocycles. The Bertz CT molecular complexity index is 1050. The molecular weight excluding hydrogens is 328 g/mol. The number of halogens is 1. The second kappa shape index (κ2) is 4.01. The maximum atomic E-state index is 6.19. The zero-order chi connectivity index (χ0) is 14.0. The molecule has 0 unspecified atom stereocenters. The van der Waals surface area contributed by atoms with Crippen LogP contribution in [0.1, 0.15) is 17.7 Å². The Labute approximate surface area is 129 Å². The highest BCUT2D eigenvalue weighted by Crippen LogP contribution is 2.42. The van der Waals surface area contributed by atoms with Crippen molar-refractivity contribution < 1.29 is 8.83 Å². The Kier molecular flexibility index (Phi) is 2.22. The van der Waals surface area contributed by atoms with Crippen molar-refractivity contribution in [1.82, 2.24) is 0 Å². The lowest BCUT2D eigenvalue weighted by Crippen LogP contribution is -1.88. The summed E-state index contributed by atoms with van der Waals surface area (Å²) in [6, 6.07) is 10.2. The fraction of sp³-hybridized carbons (Fsp3) is 0.111. The van der Waals surface area contributed by atoms with Crippen LogP contribution in [0.3, 0.4) is 0 Å². The van der Waals surface area contributed by atoms with Crippen molar-refractivity contribution in [2.24, 2.45) is 0 Å². The number of para-hydroxylation sites is 1. The molecule has 2 heterocycles. The van der Waals surface area contributed by atoms with Gasteiger partial charge in [-0.25, -0.2) is 0 Å². The molecule has 1 aliphatic rings. The zero-order valence-electron chi connectivity index (χ0n) is 11.2. The third-order valence-corrected chi connectivity index (χ3v) is 4.78. The highest BCUT2D eigenvalue weighted by atomic mass is 79.9. The fourth-order valence-corrected chi connectivity index (χ4v) is 3.76. The molecule has 0 amide bonds. The van der Waals surface area contributed by atoms with E-state index in [1.165, 1.54) is 5.56 Å². The van der Waals surface area contributed by atoms with Crippen LogP contribution in [0, 0.1) is 0 Å². The molecule has 0 fully saturated rings. The van der Waals surface area contributed by atoms with E-state index in [1.807, 2.05) is 18.2 Å². The minimum atomic E-state index is 0.860. The van der Waals surface area contributed by atoms with Gasteiger partial charge in [0, 0.05) is 22.8 Å². The molecule has 102 valence electrons. The molecule has 3 heteroatoms. The summed E-state index contributed by atoms with van der Waals surface area (Å²) in [5.41, 5.74) is 3.91. The van der Waals surface area contributed by atoms with Crippen LogP contribution >= 0.6 is 15.9 Å². The molecule has 0 aliphatic heterocycles. The van der Waals surface area contributed by atoms with E-state index in [0.29, 0.717) is 0 Å². The monoisotopic (exact) mass is 338 g/mol. The minimum absolute atomic E-state index is 0.860. The van der Waals surface area contributed by atoms with E-state index < -0.39 is 0 Å². The molecule has 0 bridgehead atoms. The first kappa shape index (κ1) is 11.6. The van der Waals surface area contributed by atoms with Crippen molar-refractivity contribution in [3.63, 3.8) is 0 Å². The van der Waals surface area contributed by atoms with Gasteiger partial charge in [-0.1, -0.05) is 30.4 Å². The van der Waals surface area contributed by atoms with Gasteiger partial charge < -0.3 is 8.83 Å². The zero-order valence-corrected chi connectivity index (χ0v) is 12.7. The number of aryl methyl sites for hydroxylation is 1. The van der Waals surface area contributed by atoms with Crippen LogP contribution < -0.4 is 0 Å². The van der Waals surface area contributed by atoms with Crippen molar-refractivity contribution in [2.75, 3.05) is 0 Å². The average molecular weight is 339 g/mol. The van der Waals surface area contributed by atoms with E-state index in [4.69, 9.17) is 8.83 Å². The lowest BCUT2D eigenvalue weighted by Gasteiger charge is -2.01. The van der Waals surface area contributed by atoms with Gasteiger partial charge in [-0.15, -0.1) is 0 Å². The predicted molar refractivity (Wildman–Crippen MR) is 88.5 cm³/mol. The molecule has 0 radical (unpaired) electrons. The van der Waals surface area contributed by atoms with Crippen LogP contribution in [0.2, 0.25) is 0 Å². The summed E-state index contributed by atoms with van der Waals surface area (Å²) in [4.78, 5) is 0. The van der Waals surface area contributed by atoms with Gasteiger partial charge in [0.25, 0.3) is 0 Å². The molecular formula is C18H11BrO2. The van der Waals surface area contributed by atoms with Gasteiger partial charge in [-0.2, -0.15) is 0 Å². The van der Waals surface area contributed by atoms with Gasteiger partial charge in [0.15, 0.2) is 5.58 Å². The summed E-state index contributed by atoms with van der Waals surface area (Å²) < 4.78 is 13.2. The maximum absolute atomic E-state index is 6.19. The van der Waals surface area contributed by atoms with Crippen molar-refractivity contribution >= 4 is 54.9 Å². The number of benzene rings is 2. The van der Waals surface area contributed by atoms with Gasteiger partial charge in [0.1, 0.15) is 16.9 Å². The quantitative estimate of drug-likeness (QED) is 0.390. The topological polar surface area (TPSA) is 26.3 Å². The lowest BCUT2D eigenvalue weighted by molar-refractivity contribution is 0.548. The number of allylic oxidation sites excluding steroid dienone is 1. The molecule has 2 nitrogen and oxygen atoms in total. The van der Waals surface area contributed by atoms with Crippen molar-refractivity contribution in [3.8, 4) is 0 Å². The van der Waals surface area contributed by atoms with Crippen LogP contribution in [0.4, 0.5) is 0 Å². The Hall–Kier alpha value is -2.00. The van der Waals surface area contributed by atoms with Gasteiger partial charge >= 0.3 is 0 Å². The van der Waals surface area contributed by atoms with Crippen LogP contribution in [0.15, 0.2) is 49.7 Å². The minimum Gasteiger partial charge on any atom is -0.460 e. The molecule has 2 aromatic carbocycles. The van der Waals surface area contributed by atoms with E-state index in [9.17, 15) is 0 Å². The summed E-state index contributed by atoms with van der Waals surface area (Å²) >= 11 is 3.65. The molecule has 0 saturated heterocycles. The van der Waals surface area contributed by atoms with Crippen LogP contribution in [-0.4, -0.2) is 0 Å². The van der Waals surface area contributed by atoms with E-state index in [1.54, 1.807) is 0 Å². The average Bonchev–Trinajstić information content (AvgIpc) is 3.06. The Balaban J connectivity index is 2.08. The number of fused-ring (bicyclic) bond motifs is 7. The number of hydrogen-bond acceptors (Lipinski definition) is 2. The molecule has 4 aromatic rings. The number of hydrogen-bond donors (Lipinski definition) is 0. The second-order valence-electron chi connectivity index (χ2n) is 5.42. The smallest absolute Gasteiger partial charge is 0.153 e. The van der Waals surface area contributed by atoms with E-state index >= 15 is 0 Å². The SMILES string of the molecule is Brc1cc2c3c(oc2c2c1oc1ccccc12)CCC=C3. The van der Waals surface area contributed by atoms with Crippen molar-refractivity contribution in [1.29, 1.82) is 0 Å². The third kappa shape index (κ3) is 1.47. The number of rotatable bonds is 0. The summed E-state index contributed by atoms with van der Waals surface area (Å²) in [5.74, 6) is 1.08. The largest absolute Gasteiger partial charge is 0.460 e. The maximum Gasteiger partial charge on any atom is 0.153 e.